The van der Waals surface area contributed by atoms with Crippen molar-refractivity contribution in [2.24, 2.45) is 0 Å². The summed E-state index contributed by atoms with van der Waals surface area (Å²) in [7, 11) is 1.70. The summed E-state index contributed by atoms with van der Waals surface area (Å²) < 4.78 is 16.4. The SMILES string of the molecule is CCOC(=O)c1ccc2c(c1)C1=CC(c3ccc(OC)cc3)(c3ccc(N4CCOCC4)cc3)Cc3cccc-2c31. The van der Waals surface area contributed by atoms with E-state index in [-0.39, 0.29) is 5.97 Å². The van der Waals surface area contributed by atoms with Crippen molar-refractivity contribution in [3.8, 4) is 16.9 Å². The number of carbonyl (C=O) groups is 1. The van der Waals surface area contributed by atoms with Gasteiger partial charge >= 0.3 is 5.97 Å². The summed E-state index contributed by atoms with van der Waals surface area (Å²) in [4.78, 5) is 15.1. The molecule has 41 heavy (non-hydrogen) atoms. The first-order valence-corrected chi connectivity index (χ1v) is 14.4. The monoisotopic (exact) mass is 543 g/mol. The maximum Gasteiger partial charge on any atom is 0.338 e. The van der Waals surface area contributed by atoms with Gasteiger partial charge in [-0.05, 0) is 94.3 Å². The lowest BCUT2D eigenvalue weighted by molar-refractivity contribution is 0.0526. The third-order valence-electron chi connectivity index (χ3n) is 8.75. The molecule has 0 radical (unpaired) electrons. The van der Waals surface area contributed by atoms with E-state index in [1.807, 2.05) is 31.2 Å². The number of esters is 1. The van der Waals surface area contributed by atoms with Crippen molar-refractivity contribution in [3.05, 3.63) is 124 Å². The van der Waals surface area contributed by atoms with E-state index >= 15 is 0 Å². The fraction of sp³-hybridized carbons (Fsp3) is 0.250. The Kier molecular flexibility index (Phi) is 6.40. The minimum Gasteiger partial charge on any atom is -0.497 e. The number of hydrogen-bond donors (Lipinski definition) is 0. The van der Waals surface area contributed by atoms with Gasteiger partial charge in [0.1, 0.15) is 5.75 Å². The number of rotatable bonds is 6. The summed E-state index contributed by atoms with van der Waals surface area (Å²) in [6, 6.07) is 30.1. The fourth-order valence-corrected chi connectivity index (χ4v) is 6.73. The Hall–Kier alpha value is -4.35. The molecule has 1 unspecified atom stereocenters. The minimum absolute atomic E-state index is 0.289. The molecule has 3 aliphatic rings. The maximum absolute atomic E-state index is 12.7. The summed E-state index contributed by atoms with van der Waals surface area (Å²) >= 11 is 0. The second kappa shape index (κ2) is 10.2. The van der Waals surface area contributed by atoms with Crippen LogP contribution in [0.5, 0.6) is 5.75 Å². The van der Waals surface area contributed by atoms with Crippen molar-refractivity contribution < 1.29 is 19.0 Å². The van der Waals surface area contributed by atoms with Crippen LogP contribution in [0.25, 0.3) is 16.7 Å². The zero-order chi connectivity index (χ0) is 28.0. The lowest BCUT2D eigenvalue weighted by Crippen LogP contribution is -2.36. The van der Waals surface area contributed by atoms with Crippen molar-refractivity contribution >= 4 is 17.2 Å². The van der Waals surface area contributed by atoms with Gasteiger partial charge in [0.25, 0.3) is 0 Å². The quantitative estimate of drug-likeness (QED) is 0.224. The Bertz CT molecular complexity index is 1650. The van der Waals surface area contributed by atoms with E-state index in [2.05, 4.69) is 71.6 Å². The second-order valence-corrected chi connectivity index (χ2v) is 10.9. The fourth-order valence-electron chi connectivity index (χ4n) is 6.73. The molecule has 5 heteroatoms. The van der Waals surface area contributed by atoms with Crippen molar-refractivity contribution in [2.75, 3.05) is 44.9 Å². The van der Waals surface area contributed by atoms with Crippen LogP contribution in [0.2, 0.25) is 0 Å². The van der Waals surface area contributed by atoms with Gasteiger partial charge < -0.3 is 19.1 Å². The molecular weight excluding hydrogens is 510 g/mol. The van der Waals surface area contributed by atoms with Crippen LogP contribution in [0.3, 0.4) is 0 Å². The lowest BCUT2D eigenvalue weighted by Gasteiger charge is -2.38. The number of ether oxygens (including phenoxy) is 3. The first-order valence-electron chi connectivity index (χ1n) is 14.4. The van der Waals surface area contributed by atoms with E-state index in [4.69, 9.17) is 14.2 Å². The average molecular weight is 544 g/mol. The zero-order valence-electron chi connectivity index (χ0n) is 23.5. The van der Waals surface area contributed by atoms with Gasteiger partial charge in [0.05, 0.1) is 32.5 Å². The zero-order valence-corrected chi connectivity index (χ0v) is 23.5. The van der Waals surface area contributed by atoms with Crippen molar-refractivity contribution in [2.45, 2.75) is 18.8 Å². The Labute approximate surface area is 241 Å². The smallest absolute Gasteiger partial charge is 0.338 e. The second-order valence-electron chi connectivity index (χ2n) is 10.9. The van der Waals surface area contributed by atoms with Crippen LogP contribution in [0.15, 0.2) is 91.0 Å². The van der Waals surface area contributed by atoms with Crippen LogP contribution in [-0.2, 0) is 21.3 Å². The third-order valence-corrected chi connectivity index (χ3v) is 8.75. The number of anilines is 1. The molecule has 1 saturated heterocycles. The highest BCUT2D eigenvalue weighted by atomic mass is 16.5. The molecule has 4 aromatic carbocycles. The van der Waals surface area contributed by atoms with E-state index in [1.165, 1.54) is 39.1 Å². The standard InChI is InChI=1S/C36H33NO4/c1-3-41-35(38)24-7-16-30-31-6-4-5-25-22-36(23-33(34(25)31)32(30)21-24,27-10-14-29(39-2)15-11-27)26-8-12-28(13-9-26)37-17-19-40-20-18-37/h4-16,21,23H,3,17-20,22H2,1-2H3. The average Bonchev–Trinajstić information content (AvgIpc) is 3.35. The van der Waals surface area contributed by atoms with Crippen molar-refractivity contribution in [1.29, 1.82) is 0 Å². The summed E-state index contributed by atoms with van der Waals surface area (Å²) in [5.41, 5.74) is 11.1. The highest BCUT2D eigenvalue weighted by molar-refractivity contribution is 6.05. The number of benzene rings is 4. The van der Waals surface area contributed by atoms with Crippen LogP contribution in [0.4, 0.5) is 5.69 Å². The Morgan fingerprint density at radius 3 is 2.32 bits per heavy atom. The number of allylic oxidation sites excluding steroid dienone is 1. The topological polar surface area (TPSA) is 48.0 Å². The molecule has 206 valence electrons. The minimum atomic E-state index is -0.404. The molecule has 1 atom stereocenters. The van der Waals surface area contributed by atoms with Crippen LogP contribution in [-0.4, -0.2) is 46.0 Å². The number of hydrogen-bond acceptors (Lipinski definition) is 5. The van der Waals surface area contributed by atoms with Gasteiger partial charge in [-0.15, -0.1) is 0 Å². The summed E-state index contributed by atoms with van der Waals surface area (Å²) in [6.45, 7) is 5.52. The molecule has 1 fully saturated rings. The molecular formula is C36H33NO4. The highest BCUT2D eigenvalue weighted by Gasteiger charge is 2.41. The number of fused-ring (bicyclic) bond motifs is 3. The highest BCUT2D eigenvalue weighted by Crippen LogP contribution is 2.54. The predicted octanol–water partition coefficient (Wildman–Crippen LogP) is 6.66. The molecule has 2 aliphatic carbocycles. The Balaban J connectivity index is 1.41. The molecule has 4 aromatic rings. The molecule has 0 saturated carbocycles. The predicted molar refractivity (Wildman–Crippen MR) is 162 cm³/mol. The van der Waals surface area contributed by atoms with Gasteiger partial charge in [0, 0.05) is 24.2 Å². The number of carbonyl (C=O) groups excluding carboxylic acids is 1. The molecule has 0 N–H and O–H groups in total. The van der Waals surface area contributed by atoms with Crippen LogP contribution >= 0.6 is 0 Å². The maximum atomic E-state index is 12.7. The van der Waals surface area contributed by atoms with Crippen LogP contribution < -0.4 is 9.64 Å². The van der Waals surface area contributed by atoms with Crippen molar-refractivity contribution in [3.63, 3.8) is 0 Å². The molecule has 7 rings (SSSR count). The number of nitrogens with zero attached hydrogens (tertiary/aromatic N) is 1. The molecule has 1 aliphatic heterocycles. The number of morpholine rings is 1. The molecule has 1 heterocycles. The summed E-state index contributed by atoms with van der Waals surface area (Å²) in [5, 5.41) is 0. The van der Waals surface area contributed by atoms with E-state index in [9.17, 15) is 4.79 Å². The van der Waals surface area contributed by atoms with Crippen molar-refractivity contribution in [1.82, 2.24) is 0 Å². The van der Waals surface area contributed by atoms with Gasteiger partial charge in [-0.1, -0.05) is 54.6 Å². The lowest BCUT2D eigenvalue weighted by atomic mass is 9.65. The van der Waals surface area contributed by atoms with E-state index in [0.717, 1.165) is 49.6 Å². The van der Waals surface area contributed by atoms with Crippen LogP contribution in [0.1, 0.15) is 45.1 Å². The first-order chi connectivity index (χ1) is 20.1. The summed E-state index contributed by atoms with van der Waals surface area (Å²) in [5.74, 6) is 0.547. The third kappa shape index (κ3) is 4.23. The normalized spacial score (nSPS) is 18.8. The van der Waals surface area contributed by atoms with E-state index < -0.39 is 5.41 Å². The van der Waals surface area contributed by atoms with Crippen LogP contribution in [0, 0.1) is 0 Å². The van der Waals surface area contributed by atoms with Gasteiger partial charge in [0.15, 0.2) is 0 Å². The summed E-state index contributed by atoms with van der Waals surface area (Å²) in [6.07, 6.45) is 3.27. The molecule has 0 amide bonds. The first kappa shape index (κ1) is 25.6. The molecule has 0 spiro atoms. The molecule has 5 nitrogen and oxygen atoms in total. The molecule has 0 aromatic heterocycles. The van der Waals surface area contributed by atoms with E-state index in [0.29, 0.717) is 12.2 Å². The van der Waals surface area contributed by atoms with Gasteiger partial charge in [-0.2, -0.15) is 0 Å². The van der Waals surface area contributed by atoms with Gasteiger partial charge in [-0.25, -0.2) is 4.79 Å². The number of methoxy groups -OCH3 is 1. The molecule has 0 bridgehead atoms. The van der Waals surface area contributed by atoms with E-state index in [1.54, 1.807) is 7.11 Å². The Morgan fingerprint density at radius 2 is 1.61 bits per heavy atom. The Morgan fingerprint density at radius 1 is 0.878 bits per heavy atom. The van der Waals surface area contributed by atoms with Gasteiger partial charge in [-0.3, -0.25) is 0 Å². The largest absolute Gasteiger partial charge is 0.497 e. The van der Waals surface area contributed by atoms with Gasteiger partial charge in [0.2, 0.25) is 0 Å².